The first-order valence-corrected chi connectivity index (χ1v) is 8.96. The van der Waals surface area contributed by atoms with Crippen LogP contribution in [0.4, 0.5) is 5.69 Å². The van der Waals surface area contributed by atoms with Crippen LogP contribution >= 0.6 is 15.9 Å². The molecule has 150 valence electrons. The van der Waals surface area contributed by atoms with Gasteiger partial charge in [0, 0.05) is 30.0 Å². The van der Waals surface area contributed by atoms with Gasteiger partial charge in [0.15, 0.2) is 0 Å². The summed E-state index contributed by atoms with van der Waals surface area (Å²) in [5.41, 5.74) is 2.78. The molecule has 2 aromatic rings. The Kier molecular flexibility index (Phi) is 7.35. The number of nitrogens with zero attached hydrogens (tertiary/aromatic N) is 4. The van der Waals surface area contributed by atoms with Gasteiger partial charge in [-0.15, -0.1) is 0 Å². The lowest BCUT2D eigenvalue weighted by Crippen LogP contribution is -2.33. The summed E-state index contributed by atoms with van der Waals surface area (Å²) in [6.07, 6.45) is 1.25. The zero-order valence-electron chi connectivity index (χ0n) is 15.5. The molecule has 29 heavy (non-hydrogen) atoms. The first-order chi connectivity index (χ1) is 13.8. The number of nitriles is 1. The quantitative estimate of drug-likeness (QED) is 0.379. The highest BCUT2D eigenvalue weighted by Crippen LogP contribution is 2.24. The van der Waals surface area contributed by atoms with E-state index in [4.69, 9.17) is 4.74 Å². The van der Waals surface area contributed by atoms with Crippen LogP contribution in [0.1, 0.15) is 22.4 Å². The summed E-state index contributed by atoms with van der Waals surface area (Å²) in [4.78, 5) is 35.0. The van der Waals surface area contributed by atoms with Crippen molar-refractivity contribution in [3.05, 3.63) is 71.6 Å². The lowest BCUT2D eigenvalue weighted by atomic mass is 10.1. The number of pyridine rings is 1. The number of carbonyl (C=O) groups is 1. The number of carbonyl (C=O) groups excluding carboxylic acids is 1. The molecule has 0 radical (unpaired) electrons. The molecule has 0 atom stereocenters. The topological polar surface area (TPSA) is 140 Å². The molecule has 1 amide bonds. The van der Waals surface area contributed by atoms with Gasteiger partial charge in [0.25, 0.3) is 17.2 Å². The number of hydrogen-bond donors (Lipinski definition) is 1. The van der Waals surface area contributed by atoms with Crippen molar-refractivity contribution in [1.29, 1.82) is 5.26 Å². The fourth-order valence-corrected chi connectivity index (χ4v) is 2.92. The first kappa shape index (κ1) is 21.9. The van der Waals surface area contributed by atoms with Gasteiger partial charge < -0.3 is 9.30 Å². The Labute approximate surface area is 173 Å². The van der Waals surface area contributed by atoms with E-state index in [1.807, 2.05) is 6.07 Å². The van der Waals surface area contributed by atoms with Gasteiger partial charge >= 0.3 is 0 Å². The van der Waals surface area contributed by atoms with Crippen LogP contribution in [0.25, 0.3) is 0 Å². The summed E-state index contributed by atoms with van der Waals surface area (Å²) in [6, 6.07) is 7.82. The van der Waals surface area contributed by atoms with Crippen molar-refractivity contribution in [3.8, 4) is 6.07 Å². The van der Waals surface area contributed by atoms with Crippen molar-refractivity contribution in [2.75, 3.05) is 7.11 Å². The van der Waals surface area contributed by atoms with Gasteiger partial charge in [0.1, 0.15) is 18.2 Å². The number of halogens is 1. The van der Waals surface area contributed by atoms with Crippen molar-refractivity contribution < 1.29 is 14.5 Å². The van der Waals surface area contributed by atoms with E-state index in [9.17, 15) is 25.0 Å². The first-order valence-electron chi connectivity index (χ1n) is 8.16. The predicted molar refractivity (Wildman–Crippen MR) is 107 cm³/mol. The van der Waals surface area contributed by atoms with Crippen LogP contribution < -0.4 is 11.0 Å². The average molecular weight is 462 g/mol. The van der Waals surface area contributed by atoms with Gasteiger partial charge in [-0.25, -0.2) is 5.43 Å². The van der Waals surface area contributed by atoms with E-state index in [1.54, 1.807) is 19.1 Å². The number of aromatic nitrogens is 1. The van der Waals surface area contributed by atoms with E-state index in [-0.39, 0.29) is 24.4 Å². The molecule has 0 aliphatic heterocycles. The number of aryl methyl sites for hydroxylation is 1. The maximum atomic E-state index is 12.5. The number of hydrazone groups is 1. The Bertz CT molecular complexity index is 1090. The molecule has 0 bridgehead atoms. The normalized spacial score (nSPS) is 10.7. The minimum absolute atomic E-state index is 0.0871. The van der Waals surface area contributed by atoms with Crippen LogP contribution in [0.15, 0.2) is 38.6 Å². The number of nitro groups is 1. The third-order valence-corrected chi connectivity index (χ3v) is 4.54. The second kappa shape index (κ2) is 9.72. The molecule has 1 aromatic heterocycles. The van der Waals surface area contributed by atoms with E-state index < -0.39 is 16.4 Å². The third-order valence-electron chi connectivity index (χ3n) is 3.87. The minimum Gasteiger partial charge on any atom is -0.380 e. The molecule has 1 aromatic carbocycles. The van der Waals surface area contributed by atoms with E-state index in [0.717, 1.165) is 4.57 Å². The van der Waals surface area contributed by atoms with Crippen LogP contribution in [0, 0.1) is 28.4 Å². The lowest BCUT2D eigenvalue weighted by Gasteiger charge is -2.12. The summed E-state index contributed by atoms with van der Waals surface area (Å²) < 4.78 is 6.47. The highest BCUT2D eigenvalue weighted by atomic mass is 79.9. The Morgan fingerprint density at radius 3 is 2.83 bits per heavy atom. The summed E-state index contributed by atoms with van der Waals surface area (Å²) in [5.74, 6) is -0.596. The number of hydrogen-bond acceptors (Lipinski definition) is 7. The number of amides is 1. The molecule has 1 N–H and O–H groups in total. The Balaban J connectivity index is 2.15. The van der Waals surface area contributed by atoms with Crippen molar-refractivity contribution in [3.63, 3.8) is 0 Å². The Morgan fingerprint density at radius 1 is 1.48 bits per heavy atom. The standard InChI is InChI=1S/C18H16BrN5O5/c1-11-5-13(10-29-2)14(7-20)18(26)23(11)9-17(25)22-21-8-12-3-4-15(19)16(6-12)24(27)28/h3-6,8H,9-10H2,1-2H3,(H,22,25)/b21-8+. The summed E-state index contributed by atoms with van der Waals surface area (Å²) in [5, 5.41) is 23.9. The number of rotatable bonds is 7. The molecule has 0 spiro atoms. The average Bonchev–Trinajstić information content (AvgIpc) is 2.66. The number of benzene rings is 1. The van der Waals surface area contributed by atoms with Gasteiger partial charge in [-0.1, -0.05) is 6.07 Å². The molecule has 0 fully saturated rings. The number of ether oxygens (including phenoxy) is 1. The van der Waals surface area contributed by atoms with E-state index >= 15 is 0 Å². The maximum Gasteiger partial charge on any atom is 0.284 e. The zero-order chi connectivity index (χ0) is 21.6. The highest BCUT2D eigenvalue weighted by molar-refractivity contribution is 9.10. The fourth-order valence-electron chi connectivity index (χ4n) is 2.53. The van der Waals surface area contributed by atoms with Crippen LogP contribution in [0.3, 0.4) is 0 Å². The molecule has 11 heteroatoms. The van der Waals surface area contributed by atoms with Gasteiger partial charge in [-0.3, -0.25) is 19.7 Å². The number of nitro benzene ring substituents is 1. The largest absolute Gasteiger partial charge is 0.380 e. The molecule has 0 unspecified atom stereocenters. The summed E-state index contributed by atoms with van der Waals surface area (Å²) in [7, 11) is 1.45. The monoisotopic (exact) mass is 461 g/mol. The molecule has 10 nitrogen and oxygen atoms in total. The van der Waals surface area contributed by atoms with Gasteiger partial charge in [0.2, 0.25) is 0 Å². The lowest BCUT2D eigenvalue weighted by molar-refractivity contribution is -0.385. The van der Waals surface area contributed by atoms with Gasteiger partial charge in [-0.2, -0.15) is 10.4 Å². The second-order valence-corrected chi connectivity index (χ2v) is 6.74. The van der Waals surface area contributed by atoms with Crippen molar-refractivity contribution >= 4 is 33.7 Å². The molecule has 0 aliphatic rings. The van der Waals surface area contributed by atoms with Gasteiger partial charge in [-0.05, 0) is 35.0 Å². The Morgan fingerprint density at radius 2 is 2.21 bits per heavy atom. The zero-order valence-corrected chi connectivity index (χ0v) is 17.1. The van der Waals surface area contributed by atoms with E-state index in [2.05, 4.69) is 26.5 Å². The van der Waals surface area contributed by atoms with Crippen LogP contribution in [0.5, 0.6) is 0 Å². The van der Waals surface area contributed by atoms with Gasteiger partial charge in [0.05, 0.1) is 22.2 Å². The van der Waals surface area contributed by atoms with Crippen LogP contribution in [0.2, 0.25) is 0 Å². The smallest absolute Gasteiger partial charge is 0.284 e. The molecule has 0 aliphatic carbocycles. The molecule has 0 saturated heterocycles. The molecule has 2 rings (SSSR count). The number of methoxy groups -OCH3 is 1. The van der Waals surface area contributed by atoms with Crippen LogP contribution in [-0.4, -0.2) is 28.7 Å². The summed E-state index contributed by atoms with van der Waals surface area (Å²) in [6.45, 7) is 1.40. The highest BCUT2D eigenvalue weighted by Gasteiger charge is 2.15. The number of nitrogens with one attached hydrogen (secondary N) is 1. The predicted octanol–water partition coefficient (Wildman–Crippen LogP) is 2.00. The third kappa shape index (κ3) is 5.34. The molecular formula is C18H16BrN5O5. The SMILES string of the molecule is COCc1cc(C)n(CC(=O)N/N=C/c2ccc(Br)c([N+](=O)[O-])c2)c(=O)c1C#N. The van der Waals surface area contributed by atoms with Crippen molar-refractivity contribution in [1.82, 2.24) is 9.99 Å². The van der Waals surface area contributed by atoms with Crippen LogP contribution in [-0.2, 0) is 22.7 Å². The molecule has 0 saturated carbocycles. The fraction of sp³-hybridized carbons (Fsp3) is 0.222. The molecular weight excluding hydrogens is 446 g/mol. The Hall–Kier alpha value is -3.36. The van der Waals surface area contributed by atoms with E-state index in [1.165, 1.54) is 25.5 Å². The summed E-state index contributed by atoms with van der Waals surface area (Å²) >= 11 is 3.08. The van der Waals surface area contributed by atoms with E-state index in [0.29, 0.717) is 21.3 Å². The van der Waals surface area contributed by atoms with Crippen molar-refractivity contribution in [2.24, 2.45) is 5.10 Å². The maximum absolute atomic E-state index is 12.5. The second-order valence-electron chi connectivity index (χ2n) is 5.88. The minimum atomic E-state index is -0.596. The molecule has 1 heterocycles. The van der Waals surface area contributed by atoms with Crippen molar-refractivity contribution in [2.45, 2.75) is 20.1 Å².